The van der Waals surface area contributed by atoms with E-state index in [-0.39, 0.29) is 28.2 Å². The van der Waals surface area contributed by atoms with Crippen LogP contribution >= 0.6 is 0 Å². The molecule has 0 aromatic heterocycles. The highest BCUT2D eigenvalue weighted by atomic mass is 16.3. The molecule has 0 unspecified atom stereocenters. The van der Waals surface area contributed by atoms with E-state index in [1.54, 1.807) is 6.07 Å². The van der Waals surface area contributed by atoms with E-state index < -0.39 is 11.5 Å². The summed E-state index contributed by atoms with van der Waals surface area (Å²) in [6, 6.07) is 4.45. The molecule has 25 heavy (non-hydrogen) atoms. The van der Waals surface area contributed by atoms with Crippen molar-refractivity contribution in [1.82, 2.24) is 0 Å². The summed E-state index contributed by atoms with van der Waals surface area (Å²) in [6.07, 6.45) is 4.67. The first-order valence-corrected chi connectivity index (χ1v) is 9.03. The molecule has 0 amide bonds. The third-order valence-corrected chi connectivity index (χ3v) is 5.85. The number of benzene rings is 1. The number of Topliss-reactive ketones (excluding diaryl/α,β-unsaturated/α-hetero) is 2. The van der Waals surface area contributed by atoms with Crippen LogP contribution in [0.2, 0.25) is 0 Å². The van der Waals surface area contributed by atoms with Gasteiger partial charge in [-0.15, -0.1) is 0 Å². The molecular formula is C21H26O4. The molecule has 0 atom stereocenters. The molecule has 0 heterocycles. The fourth-order valence-electron chi connectivity index (χ4n) is 4.20. The minimum Gasteiger partial charge on any atom is -0.507 e. The van der Waals surface area contributed by atoms with Gasteiger partial charge in [0.15, 0.2) is 11.5 Å². The number of ketones is 2. The molecule has 2 aliphatic rings. The molecule has 1 aromatic rings. The minimum atomic E-state index is -0.647. The van der Waals surface area contributed by atoms with Gasteiger partial charge in [-0.3, -0.25) is 9.59 Å². The van der Waals surface area contributed by atoms with Crippen molar-refractivity contribution in [2.75, 3.05) is 0 Å². The topological polar surface area (TPSA) is 74.6 Å². The molecular weight excluding hydrogens is 316 g/mol. The number of allylic oxidation sites excluding steroid dienone is 2. The first-order chi connectivity index (χ1) is 11.7. The van der Waals surface area contributed by atoms with Gasteiger partial charge in [-0.1, -0.05) is 32.9 Å². The number of fused-ring (bicyclic) bond motifs is 1. The smallest absolute Gasteiger partial charge is 0.232 e. The first-order valence-electron chi connectivity index (χ1n) is 9.03. The molecule has 1 aromatic carbocycles. The molecule has 0 saturated heterocycles. The van der Waals surface area contributed by atoms with Gasteiger partial charge in [0.2, 0.25) is 5.78 Å². The lowest BCUT2D eigenvalue weighted by Gasteiger charge is -2.37. The molecule has 4 heteroatoms. The Morgan fingerprint density at radius 1 is 1.00 bits per heavy atom. The van der Waals surface area contributed by atoms with Crippen molar-refractivity contribution >= 4 is 11.6 Å². The average molecular weight is 342 g/mol. The van der Waals surface area contributed by atoms with E-state index in [1.165, 1.54) is 12.1 Å². The van der Waals surface area contributed by atoms with Crippen molar-refractivity contribution in [3.63, 3.8) is 0 Å². The Hall–Kier alpha value is -2.10. The van der Waals surface area contributed by atoms with Crippen LogP contribution in [0, 0.1) is 17.3 Å². The second kappa shape index (κ2) is 6.32. The normalized spacial score (nSPS) is 24.4. The Balaban J connectivity index is 1.79. The highest BCUT2D eigenvalue weighted by molar-refractivity contribution is 6.26. The fraction of sp³-hybridized carbons (Fsp3) is 0.524. The first kappa shape index (κ1) is 17.7. The van der Waals surface area contributed by atoms with Gasteiger partial charge in [0.25, 0.3) is 0 Å². The summed E-state index contributed by atoms with van der Waals surface area (Å²) in [6.45, 7) is 6.79. The Morgan fingerprint density at radius 2 is 1.64 bits per heavy atom. The largest absolute Gasteiger partial charge is 0.507 e. The molecule has 3 rings (SSSR count). The predicted octanol–water partition coefficient (Wildman–Crippen LogP) is 4.83. The van der Waals surface area contributed by atoms with Crippen LogP contribution in [0.1, 0.15) is 73.6 Å². The van der Waals surface area contributed by atoms with Crippen LogP contribution in [0.3, 0.4) is 0 Å². The van der Waals surface area contributed by atoms with Gasteiger partial charge in [0.1, 0.15) is 5.75 Å². The standard InChI is InChI=1S/C21H26O4/c1-21(2,3)13-9-7-12(8-10-13)11-15-18(23)14-5-4-6-16(22)17(14)20(25)19(15)24/h4-6,12-13,22,24H,7-11H2,1-3H3. The summed E-state index contributed by atoms with van der Waals surface area (Å²) in [5.74, 6) is -0.741. The number of phenols is 1. The Kier molecular flexibility index (Phi) is 4.48. The van der Waals surface area contributed by atoms with Crippen LogP contribution in [0.4, 0.5) is 0 Å². The number of aliphatic hydroxyl groups excluding tert-OH is 1. The molecule has 2 aliphatic carbocycles. The lowest BCUT2D eigenvalue weighted by atomic mass is 9.68. The maximum absolute atomic E-state index is 12.7. The third-order valence-electron chi connectivity index (χ3n) is 5.85. The van der Waals surface area contributed by atoms with Crippen LogP contribution in [0.5, 0.6) is 5.75 Å². The van der Waals surface area contributed by atoms with Gasteiger partial charge in [0, 0.05) is 11.1 Å². The lowest BCUT2D eigenvalue weighted by molar-refractivity contribution is 0.0915. The summed E-state index contributed by atoms with van der Waals surface area (Å²) in [5.41, 5.74) is 0.619. The van der Waals surface area contributed by atoms with Crippen molar-refractivity contribution in [2.45, 2.75) is 52.9 Å². The summed E-state index contributed by atoms with van der Waals surface area (Å²) in [7, 11) is 0. The second-order valence-corrected chi connectivity index (χ2v) is 8.47. The number of rotatable bonds is 2. The van der Waals surface area contributed by atoms with Gasteiger partial charge in [0.05, 0.1) is 5.56 Å². The van der Waals surface area contributed by atoms with Crippen molar-refractivity contribution in [3.8, 4) is 5.75 Å². The molecule has 4 nitrogen and oxygen atoms in total. The Morgan fingerprint density at radius 3 is 2.24 bits per heavy atom. The SMILES string of the molecule is CC(C)(C)C1CCC(CC2=C(O)C(=O)c3c(O)cccc3C2=O)CC1. The number of aromatic hydroxyl groups is 1. The highest BCUT2D eigenvalue weighted by Gasteiger charge is 2.36. The summed E-state index contributed by atoms with van der Waals surface area (Å²) in [4.78, 5) is 25.1. The number of aliphatic hydroxyl groups is 1. The van der Waals surface area contributed by atoms with E-state index in [2.05, 4.69) is 20.8 Å². The molecule has 2 N–H and O–H groups in total. The fourth-order valence-corrected chi connectivity index (χ4v) is 4.20. The van der Waals surface area contributed by atoms with E-state index in [1.807, 2.05) is 0 Å². The van der Waals surface area contributed by atoms with Crippen molar-refractivity contribution in [1.29, 1.82) is 0 Å². The van der Waals surface area contributed by atoms with Crippen LogP contribution in [0.15, 0.2) is 29.5 Å². The molecule has 0 radical (unpaired) electrons. The molecule has 1 saturated carbocycles. The number of hydrogen-bond acceptors (Lipinski definition) is 4. The van der Waals surface area contributed by atoms with E-state index in [9.17, 15) is 19.8 Å². The predicted molar refractivity (Wildman–Crippen MR) is 95.9 cm³/mol. The van der Waals surface area contributed by atoms with Gasteiger partial charge >= 0.3 is 0 Å². The maximum atomic E-state index is 12.7. The van der Waals surface area contributed by atoms with E-state index >= 15 is 0 Å². The van der Waals surface area contributed by atoms with Gasteiger partial charge in [-0.25, -0.2) is 0 Å². The third kappa shape index (κ3) is 3.22. The van der Waals surface area contributed by atoms with Crippen LogP contribution < -0.4 is 0 Å². The number of hydrogen-bond donors (Lipinski definition) is 2. The Bertz CT molecular complexity index is 744. The molecule has 0 aliphatic heterocycles. The van der Waals surface area contributed by atoms with Gasteiger partial charge in [-0.05, 0) is 55.4 Å². The minimum absolute atomic E-state index is 0.0785. The zero-order valence-corrected chi connectivity index (χ0v) is 15.1. The lowest BCUT2D eigenvalue weighted by Crippen LogP contribution is -2.28. The summed E-state index contributed by atoms with van der Waals surface area (Å²) < 4.78 is 0. The monoisotopic (exact) mass is 342 g/mol. The molecule has 0 bridgehead atoms. The number of phenolic OH excluding ortho intramolecular Hbond substituents is 1. The van der Waals surface area contributed by atoms with Crippen LogP contribution in [-0.4, -0.2) is 21.8 Å². The van der Waals surface area contributed by atoms with Crippen LogP contribution in [0.25, 0.3) is 0 Å². The van der Waals surface area contributed by atoms with Crippen molar-refractivity contribution < 1.29 is 19.8 Å². The van der Waals surface area contributed by atoms with E-state index in [0.717, 1.165) is 25.7 Å². The second-order valence-electron chi connectivity index (χ2n) is 8.47. The van der Waals surface area contributed by atoms with Crippen LogP contribution in [-0.2, 0) is 0 Å². The Labute approximate surface area is 148 Å². The van der Waals surface area contributed by atoms with Gasteiger partial charge in [-0.2, -0.15) is 0 Å². The van der Waals surface area contributed by atoms with E-state index in [0.29, 0.717) is 23.7 Å². The quantitative estimate of drug-likeness (QED) is 0.807. The summed E-state index contributed by atoms with van der Waals surface area (Å²) >= 11 is 0. The van der Waals surface area contributed by atoms with E-state index in [4.69, 9.17) is 0 Å². The van der Waals surface area contributed by atoms with Gasteiger partial charge < -0.3 is 10.2 Å². The number of carbonyl (C=O) groups excluding carboxylic acids is 2. The van der Waals surface area contributed by atoms with Crippen molar-refractivity contribution in [3.05, 3.63) is 40.7 Å². The van der Waals surface area contributed by atoms with Crippen molar-refractivity contribution in [2.24, 2.45) is 17.3 Å². The molecule has 134 valence electrons. The molecule has 1 fully saturated rings. The summed E-state index contributed by atoms with van der Waals surface area (Å²) in [5, 5.41) is 20.2. The zero-order valence-electron chi connectivity index (χ0n) is 15.1. The number of carbonyl (C=O) groups is 2. The highest BCUT2D eigenvalue weighted by Crippen LogP contribution is 2.42. The zero-order chi connectivity index (χ0) is 18.4. The average Bonchev–Trinajstić information content (AvgIpc) is 2.56. The molecule has 0 spiro atoms. The maximum Gasteiger partial charge on any atom is 0.232 e.